The highest BCUT2D eigenvalue weighted by Gasteiger charge is 2.19. The largest absolute Gasteiger partial charge is 0.484 e. The van der Waals surface area contributed by atoms with E-state index in [9.17, 15) is 4.39 Å². The van der Waals surface area contributed by atoms with Gasteiger partial charge in [0.2, 0.25) is 0 Å². The molecule has 0 unspecified atom stereocenters. The zero-order valence-electron chi connectivity index (χ0n) is 13.2. The number of nitrogens with two attached hydrogens (primary N) is 1. The van der Waals surface area contributed by atoms with Crippen molar-refractivity contribution < 1.29 is 9.13 Å². The molecule has 0 saturated heterocycles. The lowest BCUT2D eigenvalue weighted by molar-refractivity contribution is 0.226. The fourth-order valence-electron chi connectivity index (χ4n) is 2.40. The number of halogens is 3. The third-order valence-corrected chi connectivity index (χ3v) is 4.35. The van der Waals surface area contributed by atoms with Gasteiger partial charge in [-0.1, -0.05) is 23.2 Å². The second-order valence-corrected chi connectivity index (χ2v) is 6.18. The van der Waals surface area contributed by atoms with Crippen LogP contribution in [0, 0.1) is 5.82 Å². The van der Waals surface area contributed by atoms with Crippen molar-refractivity contribution in [1.29, 1.82) is 0 Å². The van der Waals surface area contributed by atoms with Crippen molar-refractivity contribution >= 4 is 29.0 Å². The Morgan fingerprint density at radius 1 is 1.08 bits per heavy atom. The third-order valence-electron chi connectivity index (χ3n) is 3.63. The lowest BCUT2D eigenvalue weighted by Gasteiger charge is -2.18. The smallest absolute Gasteiger partial charge is 0.142 e. The number of hydrogen-bond acceptors (Lipinski definition) is 4. The van der Waals surface area contributed by atoms with Crippen molar-refractivity contribution in [3.63, 3.8) is 0 Å². The maximum Gasteiger partial charge on any atom is 0.142 e. The lowest BCUT2D eigenvalue weighted by atomic mass is 10.1. The first-order valence-corrected chi connectivity index (χ1v) is 8.18. The van der Waals surface area contributed by atoms with E-state index >= 15 is 0 Å². The van der Waals surface area contributed by atoms with E-state index in [0.717, 1.165) is 11.1 Å². The highest BCUT2D eigenvalue weighted by molar-refractivity contribution is 6.36. The van der Waals surface area contributed by atoms with E-state index < -0.39 is 11.9 Å². The number of nitrogen functional groups attached to an aromatic ring is 1. The van der Waals surface area contributed by atoms with E-state index in [0.29, 0.717) is 22.2 Å². The molecule has 2 N–H and O–H groups in total. The minimum Gasteiger partial charge on any atom is -0.484 e. The molecule has 7 heteroatoms. The predicted octanol–water partition coefficient (Wildman–Crippen LogP) is 5.31. The molecule has 0 fully saturated rings. The summed E-state index contributed by atoms with van der Waals surface area (Å²) < 4.78 is 19.6. The summed E-state index contributed by atoms with van der Waals surface area (Å²) in [5, 5.41) is 0.289. The first-order chi connectivity index (χ1) is 12.0. The van der Waals surface area contributed by atoms with E-state index in [1.807, 2.05) is 6.07 Å². The fraction of sp³-hybridized carbons (Fsp3) is 0.111. The van der Waals surface area contributed by atoms with Gasteiger partial charge in [0.25, 0.3) is 0 Å². The zero-order valence-corrected chi connectivity index (χ0v) is 14.7. The first kappa shape index (κ1) is 17.5. The van der Waals surface area contributed by atoms with E-state index in [1.54, 1.807) is 37.6 Å². The van der Waals surface area contributed by atoms with Gasteiger partial charge in [0.15, 0.2) is 0 Å². The van der Waals surface area contributed by atoms with Crippen molar-refractivity contribution in [2.75, 3.05) is 5.73 Å². The Bertz CT molecular complexity index is 903. The van der Waals surface area contributed by atoms with Crippen molar-refractivity contribution in [3.8, 4) is 16.9 Å². The number of pyridine rings is 2. The summed E-state index contributed by atoms with van der Waals surface area (Å²) in [6, 6.07) is 8.02. The van der Waals surface area contributed by atoms with Crippen LogP contribution in [-0.2, 0) is 0 Å². The molecule has 0 spiro atoms. The van der Waals surface area contributed by atoms with Crippen molar-refractivity contribution in [1.82, 2.24) is 9.97 Å². The fourth-order valence-corrected chi connectivity index (χ4v) is 3.07. The summed E-state index contributed by atoms with van der Waals surface area (Å²) in [5.74, 6) is 0.391. The van der Waals surface area contributed by atoms with Crippen LogP contribution in [0.15, 0.2) is 48.9 Å². The van der Waals surface area contributed by atoms with Crippen LogP contribution in [0.4, 0.5) is 10.2 Å². The minimum atomic E-state index is -0.558. The summed E-state index contributed by atoms with van der Waals surface area (Å²) in [6.07, 6.45) is 4.34. The van der Waals surface area contributed by atoms with Crippen molar-refractivity contribution in [2.24, 2.45) is 0 Å². The van der Waals surface area contributed by atoms with Crippen LogP contribution in [0.25, 0.3) is 11.1 Å². The number of nitrogens with zero attached hydrogens (tertiary/aromatic N) is 2. The second-order valence-electron chi connectivity index (χ2n) is 5.40. The predicted molar refractivity (Wildman–Crippen MR) is 97.3 cm³/mol. The van der Waals surface area contributed by atoms with Crippen LogP contribution in [0.2, 0.25) is 10.0 Å². The number of rotatable bonds is 4. The maximum absolute atomic E-state index is 13.7. The van der Waals surface area contributed by atoms with Gasteiger partial charge in [-0.3, -0.25) is 4.98 Å². The molecule has 0 radical (unpaired) electrons. The molecule has 0 amide bonds. The molecule has 25 heavy (non-hydrogen) atoms. The molecule has 0 bridgehead atoms. The van der Waals surface area contributed by atoms with Crippen LogP contribution < -0.4 is 10.5 Å². The SMILES string of the molecule is C[C@H](Oc1cncc(-c2ccc(N)nc2)c1)c1c(Cl)ccc(F)c1Cl. The van der Waals surface area contributed by atoms with Gasteiger partial charge in [0.05, 0.1) is 11.2 Å². The summed E-state index contributed by atoms with van der Waals surface area (Å²) in [7, 11) is 0. The molecule has 4 nitrogen and oxygen atoms in total. The number of hydrogen-bond donors (Lipinski definition) is 1. The van der Waals surface area contributed by atoms with Gasteiger partial charge in [0, 0.05) is 34.1 Å². The topological polar surface area (TPSA) is 61.0 Å². The third kappa shape index (κ3) is 3.83. The standard InChI is InChI=1S/C18H14Cl2FN3O/c1-10(17-14(19)3-4-15(21)18(17)20)25-13-6-12(7-23-9-13)11-2-5-16(22)24-8-11/h2-10H,1H3,(H2,22,24)/t10-/m0/s1. The monoisotopic (exact) mass is 377 g/mol. The molecule has 0 aliphatic carbocycles. The molecule has 1 aromatic carbocycles. The summed E-state index contributed by atoms with van der Waals surface area (Å²) >= 11 is 12.2. The van der Waals surface area contributed by atoms with Crippen LogP contribution in [-0.4, -0.2) is 9.97 Å². The number of anilines is 1. The molecule has 2 aromatic heterocycles. The first-order valence-electron chi connectivity index (χ1n) is 7.42. The van der Waals surface area contributed by atoms with Crippen molar-refractivity contribution in [2.45, 2.75) is 13.0 Å². The minimum absolute atomic E-state index is 0.0492. The average molecular weight is 378 g/mol. The average Bonchev–Trinajstić information content (AvgIpc) is 2.59. The van der Waals surface area contributed by atoms with Gasteiger partial charge < -0.3 is 10.5 Å². The highest BCUT2D eigenvalue weighted by Crippen LogP contribution is 2.35. The Kier molecular flexibility index (Phi) is 5.06. The molecule has 3 rings (SSSR count). The Hall–Kier alpha value is -2.37. The highest BCUT2D eigenvalue weighted by atomic mass is 35.5. The molecule has 0 saturated carbocycles. The molecular weight excluding hydrogens is 364 g/mol. The molecule has 3 aromatic rings. The van der Waals surface area contributed by atoms with Crippen LogP contribution in [0.5, 0.6) is 5.75 Å². The molecule has 128 valence electrons. The maximum atomic E-state index is 13.7. The Balaban J connectivity index is 1.88. The Labute approximate surface area is 154 Å². The van der Waals surface area contributed by atoms with Crippen LogP contribution in [0.1, 0.15) is 18.6 Å². The number of aromatic nitrogens is 2. The van der Waals surface area contributed by atoms with Crippen LogP contribution >= 0.6 is 23.2 Å². The molecule has 2 heterocycles. The second kappa shape index (κ2) is 7.25. The van der Waals surface area contributed by atoms with Gasteiger partial charge in [-0.15, -0.1) is 0 Å². The van der Waals surface area contributed by atoms with Gasteiger partial charge in [-0.05, 0) is 37.3 Å². The molecule has 0 aliphatic heterocycles. The van der Waals surface area contributed by atoms with E-state index in [-0.39, 0.29) is 5.02 Å². The van der Waals surface area contributed by atoms with Gasteiger partial charge in [-0.2, -0.15) is 0 Å². The van der Waals surface area contributed by atoms with Crippen molar-refractivity contribution in [3.05, 3.63) is 70.3 Å². The summed E-state index contributed by atoms with van der Waals surface area (Å²) in [6.45, 7) is 1.74. The summed E-state index contributed by atoms with van der Waals surface area (Å²) in [4.78, 5) is 8.23. The van der Waals surface area contributed by atoms with E-state index in [4.69, 9.17) is 33.7 Å². The van der Waals surface area contributed by atoms with Gasteiger partial charge in [0.1, 0.15) is 23.5 Å². The number of ether oxygens (including phenoxy) is 1. The zero-order chi connectivity index (χ0) is 18.0. The Morgan fingerprint density at radius 2 is 1.88 bits per heavy atom. The van der Waals surface area contributed by atoms with E-state index in [2.05, 4.69) is 9.97 Å². The Morgan fingerprint density at radius 3 is 2.60 bits per heavy atom. The van der Waals surface area contributed by atoms with E-state index in [1.165, 1.54) is 12.1 Å². The normalized spacial score (nSPS) is 12.0. The lowest BCUT2D eigenvalue weighted by Crippen LogP contribution is -2.06. The van der Waals surface area contributed by atoms with Crippen LogP contribution in [0.3, 0.4) is 0 Å². The van der Waals surface area contributed by atoms with Gasteiger partial charge >= 0.3 is 0 Å². The number of benzene rings is 1. The van der Waals surface area contributed by atoms with Gasteiger partial charge in [-0.25, -0.2) is 9.37 Å². The molecule has 1 atom stereocenters. The quantitative estimate of drug-likeness (QED) is 0.625. The summed E-state index contributed by atoms with van der Waals surface area (Å²) in [5.41, 5.74) is 7.65. The molecular formula is C18H14Cl2FN3O. The molecule has 0 aliphatic rings.